The molecule has 2 aromatic rings. The zero-order valence-corrected chi connectivity index (χ0v) is 18.0. The zero-order chi connectivity index (χ0) is 21.7. The summed E-state index contributed by atoms with van der Waals surface area (Å²) < 4.78 is 20.4. The first-order valence-electron chi connectivity index (χ1n) is 11.8. The van der Waals surface area contributed by atoms with Crippen molar-refractivity contribution in [3.05, 3.63) is 12.7 Å². The summed E-state index contributed by atoms with van der Waals surface area (Å²) in [5.41, 5.74) is 1.25. The van der Waals surface area contributed by atoms with E-state index in [4.69, 9.17) is 14.2 Å². The molecule has 4 fully saturated rings. The van der Waals surface area contributed by atoms with Crippen LogP contribution in [-0.2, 0) is 19.0 Å². The van der Waals surface area contributed by atoms with Crippen LogP contribution in [0.1, 0.15) is 70.4 Å². The van der Waals surface area contributed by atoms with Crippen molar-refractivity contribution in [3.63, 3.8) is 0 Å². The van der Waals surface area contributed by atoms with Crippen LogP contribution in [0.2, 0.25) is 0 Å². The third kappa shape index (κ3) is 3.36. The van der Waals surface area contributed by atoms with E-state index < -0.39 is 36.3 Å². The van der Waals surface area contributed by atoms with Gasteiger partial charge in [0.15, 0.2) is 35.1 Å². The molecule has 4 atom stereocenters. The Hall–Kier alpha value is -2.30. The van der Waals surface area contributed by atoms with Gasteiger partial charge in [0, 0.05) is 18.9 Å². The number of aliphatic carboxylic acids is 1. The van der Waals surface area contributed by atoms with Gasteiger partial charge < -0.3 is 24.6 Å². The topological polar surface area (TPSA) is 121 Å². The van der Waals surface area contributed by atoms with Gasteiger partial charge in [0.2, 0.25) is 0 Å². The third-order valence-corrected chi connectivity index (χ3v) is 7.33. The van der Waals surface area contributed by atoms with Crippen LogP contribution >= 0.6 is 0 Å². The molecular formula is C22H29N5O5. The number of carboxylic acid groups (broad SMARTS) is 1. The van der Waals surface area contributed by atoms with Crippen LogP contribution in [-0.4, -0.2) is 60.7 Å². The van der Waals surface area contributed by atoms with Gasteiger partial charge in [0.1, 0.15) is 18.5 Å². The fraction of sp³-hybridized carbons (Fsp3) is 0.727. The molecule has 4 aliphatic rings. The number of hydrogen-bond acceptors (Lipinski definition) is 8. The van der Waals surface area contributed by atoms with Crippen molar-refractivity contribution in [2.24, 2.45) is 0 Å². The average Bonchev–Trinajstić information content (AvgIpc) is 3.47. The maximum absolute atomic E-state index is 11.9. The summed E-state index contributed by atoms with van der Waals surface area (Å²) in [6.07, 6.45) is 10.9. The van der Waals surface area contributed by atoms with E-state index >= 15 is 0 Å². The number of ether oxygens (including phenoxy) is 3. The maximum Gasteiger partial charge on any atom is 0.335 e. The number of nitrogens with zero attached hydrogens (tertiary/aromatic N) is 4. The SMILES string of the molecule is O=C(O)[C@H]1O[C@@H](n2cnc3c(NC4CCCCC4)ncnc32)[C@@H]2OC3(CCCCC3)O[C@@H]21. The molecule has 0 radical (unpaired) electrons. The standard InChI is InChI=1S/C22H29N5O5/c28-21(29)17-15-16(32-22(31-15)9-5-2-6-10-22)20(30-17)27-12-25-14-18(23-11-24-19(14)27)26-13-7-3-1-4-8-13/h11-13,15-17,20H,1-10H2,(H,28,29)(H,23,24,26)/t15-,16+,17-,20+/m0/s1. The van der Waals surface area contributed by atoms with Crippen molar-refractivity contribution in [3.8, 4) is 0 Å². The van der Waals surface area contributed by atoms with Crippen molar-refractivity contribution in [1.82, 2.24) is 19.5 Å². The van der Waals surface area contributed by atoms with Gasteiger partial charge in [-0.25, -0.2) is 19.7 Å². The van der Waals surface area contributed by atoms with Gasteiger partial charge in [0.05, 0.1) is 6.33 Å². The van der Waals surface area contributed by atoms with Gasteiger partial charge in [-0.3, -0.25) is 4.57 Å². The quantitative estimate of drug-likeness (QED) is 0.734. The number of carbonyl (C=O) groups is 1. The number of aromatic nitrogens is 4. The lowest BCUT2D eigenvalue weighted by atomic mass is 9.94. The van der Waals surface area contributed by atoms with Gasteiger partial charge in [-0.15, -0.1) is 0 Å². The van der Waals surface area contributed by atoms with E-state index in [1.807, 2.05) is 0 Å². The van der Waals surface area contributed by atoms with Crippen LogP contribution in [0, 0.1) is 0 Å². The Kier molecular flexibility index (Phi) is 5.03. The summed E-state index contributed by atoms with van der Waals surface area (Å²) in [7, 11) is 0. The first kappa shape index (κ1) is 20.3. The van der Waals surface area contributed by atoms with Crippen LogP contribution in [0.5, 0.6) is 0 Å². The Bertz CT molecular complexity index is 1000. The third-order valence-electron chi connectivity index (χ3n) is 7.33. The first-order chi connectivity index (χ1) is 15.6. The summed E-state index contributed by atoms with van der Waals surface area (Å²) >= 11 is 0. The molecule has 10 nitrogen and oxygen atoms in total. The fourth-order valence-corrected chi connectivity index (χ4v) is 5.75. The summed E-state index contributed by atoms with van der Waals surface area (Å²) in [6.45, 7) is 0. The molecule has 2 saturated heterocycles. The molecule has 10 heteroatoms. The highest BCUT2D eigenvalue weighted by atomic mass is 16.8. The van der Waals surface area contributed by atoms with Crippen molar-refractivity contribution < 1.29 is 24.1 Å². The van der Waals surface area contributed by atoms with Crippen LogP contribution in [0.3, 0.4) is 0 Å². The minimum atomic E-state index is -1.09. The number of rotatable bonds is 4. The number of anilines is 1. The zero-order valence-electron chi connectivity index (χ0n) is 18.0. The number of carboxylic acids is 1. The molecule has 2 aliphatic heterocycles. The van der Waals surface area contributed by atoms with E-state index in [0.717, 1.165) is 44.9 Å². The molecule has 6 rings (SSSR count). The van der Waals surface area contributed by atoms with Gasteiger partial charge >= 0.3 is 5.97 Å². The molecular weight excluding hydrogens is 414 g/mol. The van der Waals surface area contributed by atoms with Gasteiger partial charge in [0.25, 0.3) is 0 Å². The first-order valence-corrected chi connectivity index (χ1v) is 11.8. The van der Waals surface area contributed by atoms with Crippen LogP contribution < -0.4 is 5.32 Å². The normalized spacial score (nSPS) is 32.4. The largest absolute Gasteiger partial charge is 0.479 e. The van der Waals surface area contributed by atoms with Gasteiger partial charge in [-0.1, -0.05) is 25.7 Å². The van der Waals surface area contributed by atoms with Gasteiger partial charge in [-0.2, -0.15) is 0 Å². The lowest BCUT2D eigenvalue weighted by molar-refractivity contribution is -0.231. The predicted octanol–water partition coefficient (Wildman–Crippen LogP) is 3.00. The van der Waals surface area contributed by atoms with Crippen molar-refractivity contribution in [2.75, 3.05) is 5.32 Å². The van der Waals surface area contributed by atoms with Crippen LogP contribution in [0.25, 0.3) is 11.2 Å². The maximum atomic E-state index is 11.9. The Morgan fingerprint density at radius 3 is 2.56 bits per heavy atom. The minimum absolute atomic E-state index is 0.383. The number of imidazole rings is 1. The average molecular weight is 444 g/mol. The van der Waals surface area contributed by atoms with Crippen molar-refractivity contribution >= 4 is 23.0 Å². The predicted molar refractivity (Wildman–Crippen MR) is 113 cm³/mol. The second-order valence-corrected chi connectivity index (χ2v) is 9.45. The molecule has 0 amide bonds. The number of fused-ring (bicyclic) bond motifs is 2. The number of nitrogens with one attached hydrogen (secondary N) is 1. The van der Waals surface area contributed by atoms with E-state index in [2.05, 4.69) is 20.3 Å². The number of hydrogen-bond donors (Lipinski definition) is 2. The minimum Gasteiger partial charge on any atom is -0.479 e. The van der Waals surface area contributed by atoms with E-state index in [1.54, 1.807) is 10.9 Å². The van der Waals surface area contributed by atoms with Crippen molar-refractivity contribution in [1.29, 1.82) is 0 Å². The molecule has 1 spiro atoms. The molecule has 2 aromatic heterocycles. The summed E-state index contributed by atoms with van der Waals surface area (Å²) in [6, 6.07) is 0.383. The Balaban J connectivity index is 1.32. The second-order valence-electron chi connectivity index (χ2n) is 9.45. The molecule has 2 N–H and O–H groups in total. The summed E-state index contributed by atoms with van der Waals surface area (Å²) in [4.78, 5) is 25.4. The smallest absolute Gasteiger partial charge is 0.335 e. The molecule has 0 aromatic carbocycles. The van der Waals surface area contributed by atoms with E-state index in [1.165, 1.54) is 25.6 Å². The summed E-state index contributed by atoms with van der Waals surface area (Å²) in [5.74, 6) is -1.04. The highest BCUT2D eigenvalue weighted by Gasteiger charge is 2.61. The molecule has 2 saturated carbocycles. The molecule has 0 unspecified atom stereocenters. The van der Waals surface area contributed by atoms with E-state index in [0.29, 0.717) is 23.0 Å². The Labute approximate surface area is 185 Å². The van der Waals surface area contributed by atoms with Crippen molar-refractivity contribution in [2.45, 2.75) is 101 Å². The Morgan fingerprint density at radius 1 is 1.03 bits per heavy atom. The summed E-state index contributed by atoms with van der Waals surface area (Å²) in [5, 5.41) is 13.3. The molecule has 2 aliphatic carbocycles. The molecule has 4 heterocycles. The van der Waals surface area contributed by atoms with Crippen LogP contribution in [0.4, 0.5) is 5.82 Å². The van der Waals surface area contributed by atoms with Gasteiger partial charge in [-0.05, 0) is 25.7 Å². The molecule has 172 valence electrons. The lowest BCUT2D eigenvalue weighted by Gasteiger charge is -2.33. The molecule has 0 bridgehead atoms. The monoisotopic (exact) mass is 443 g/mol. The van der Waals surface area contributed by atoms with E-state index in [-0.39, 0.29) is 0 Å². The highest BCUT2D eigenvalue weighted by molar-refractivity contribution is 5.83. The Morgan fingerprint density at radius 2 is 1.78 bits per heavy atom. The second kappa shape index (κ2) is 7.93. The van der Waals surface area contributed by atoms with Crippen LogP contribution in [0.15, 0.2) is 12.7 Å². The highest BCUT2D eigenvalue weighted by Crippen LogP contribution is 2.49. The lowest BCUT2D eigenvalue weighted by Crippen LogP contribution is -2.38. The van der Waals surface area contributed by atoms with E-state index in [9.17, 15) is 9.90 Å². The fourth-order valence-electron chi connectivity index (χ4n) is 5.75. The molecule has 32 heavy (non-hydrogen) atoms.